The number of carbonyl (C=O) groups excluding carboxylic acids is 1. The minimum absolute atomic E-state index is 0. The molecule has 2 heterocycles. The molecule has 164 valence electrons. The minimum atomic E-state index is -0.245. The minimum Gasteiger partial charge on any atom is -0.357 e. The number of nitrogens with one attached hydrogen (secondary N) is 3. The summed E-state index contributed by atoms with van der Waals surface area (Å²) in [5, 5.41) is 9.41. The number of aliphatic imine (C=N–C) groups is 1. The first-order chi connectivity index (χ1) is 13.4. The third-order valence-corrected chi connectivity index (χ3v) is 4.17. The number of rotatable bonds is 7. The monoisotopic (exact) mass is 518 g/mol. The normalized spacial score (nSPS) is 15.4. The molecular weight excluding hydrogens is 483 g/mol. The first-order valence-corrected chi connectivity index (χ1v) is 9.95. The Hall–Kier alpha value is -1.69. The number of amides is 1. The van der Waals surface area contributed by atoms with Gasteiger partial charge in [-0.05, 0) is 33.8 Å². The fourth-order valence-electron chi connectivity index (χ4n) is 2.91. The van der Waals surface area contributed by atoms with Crippen LogP contribution in [0.15, 0.2) is 23.5 Å². The zero-order valence-electron chi connectivity index (χ0n) is 17.9. The maximum absolute atomic E-state index is 11.9. The van der Waals surface area contributed by atoms with E-state index < -0.39 is 0 Å². The highest BCUT2D eigenvalue weighted by molar-refractivity contribution is 14.0. The Morgan fingerprint density at radius 1 is 1.14 bits per heavy atom. The molecule has 0 bridgehead atoms. The van der Waals surface area contributed by atoms with Gasteiger partial charge in [0.15, 0.2) is 5.96 Å². The fourth-order valence-corrected chi connectivity index (χ4v) is 2.91. The number of hydrogen-bond donors (Lipinski definition) is 3. The molecule has 1 aliphatic heterocycles. The Bertz CT molecular complexity index is 627. The van der Waals surface area contributed by atoms with Crippen molar-refractivity contribution in [3.8, 4) is 0 Å². The summed E-state index contributed by atoms with van der Waals surface area (Å²) in [4.78, 5) is 29.6. The first-order valence-electron chi connectivity index (χ1n) is 9.95. The molecule has 29 heavy (non-hydrogen) atoms. The van der Waals surface area contributed by atoms with Crippen LogP contribution in [0.1, 0.15) is 27.7 Å². The van der Waals surface area contributed by atoms with Gasteiger partial charge in [-0.1, -0.05) is 0 Å². The number of guanidine groups is 1. The van der Waals surface area contributed by atoms with Crippen LogP contribution in [0.5, 0.6) is 0 Å². The van der Waals surface area contributed by atoms with E-state index >= 15 is 0 Å². The van der Waals surface area contributed by atoms with E-state index in [1.807, 2.05) is 33.8 Å². The standard InChI is InChI=1S/C19H34N8O.HI/c1-5-20-17(24-15-16(28)25-19(2,3)4)21-9-10-26-11-13-27(14-12-26)18-22-7-6-8-23-18;/h6-8H,5,9-15H2,1-4H3,(H,25,28)(H2,20,21,24);1H. The van der Waals surface area contributed by atoms with Crippen LogP contribution in [0.3, 0.4) is 0 Å². The van der Waals surface area contributed by atoms with Crippen molar-refractivity contribution in [3.05, 3.63) is 18.5 Å². The summed E-state index contributed by atoms with van der Waals surface area (Å²) >= 11 is 0. The number of aromatic nitrogens is 2. The van der Waals surface area contributed by atoms with Crippen molar-refractivity contribution in [2.45, 2.75) is 33.2 Å². The third-order valence-electron chi connectivity index (χ3n) is 4.17. The lowest BCUT2D eigenvalue weighted by atomic mass is 10.1. The highest BCUT2D eigenvalue weighted by Gasteiger charge is 2.18. The van der Waals surface area contributed by atoms with Crippen molar-refractivity contribution < 1.29 is 4.79 Å². The zero-order chi connectivity index (χ0) is 20.4. The lowest BCUT2D eigenvalue weighted by molar-refractivity contribution is -0.121. The van der Waals surface area contributed by atoms with E-state index in [4.69, 9.17) is 0 Å². The molecule has 0 radical (unpaired) electrons. The summed E-state index contributed by atoms with van der Waals surface area (Å²) in [6.45, 7) is 14.2. The maximum atomic E-state index is 11.9. The topological polar surface area (TPSA) is 97.8 Å². The summed E-state index contributed by atoms with van der Waals surface area (Å²) in [5.41, 5.74) is -0.245. The Morgan fingerprint density at radius 3 is 2.38 bits per heavy atom. The van der Waals surface area contributed by atoms with Gasteiger partial charge in [-0.25, -0.2) is 15.0 Å². The molecule has 0 saturated carbocycles. The van der Waals surface area contributed by atoms with Gasteiger partial charge in [0.2, 0.25) is 11.9 Å². The highest BCUT2D eigenvalue weighted by Crippen LogP contribution is 2.09. The second kappa shape index (κ2) is 12.8. The summed E-state index contributed by atoms with van der Waals surface area (Å²) < 4.78 is 0. The quantitative estimate of drug-likeness (QED) is 0.278. The van der Waals surface area contributed by atoms with Gasteiger partial charge in [0.05, 0.1) is 0 Å². The van der Waals surface area contributed by atoms with E-state index in [0.717, 1.165) is 51.8 Å². The zero-order valence-corrected chi connectivity index (χ0v) is 20.3. The molecule has 0 spiro atoms. The Morgan fingerprint density at radius 2 is 1.79 bits per heavy atom. The van der Waals surface area contributed by atoms with Gasteiger partial charge >= 0.3 is 0 Å². The Labute approximate surface area is 191 Å². The third kappa shape index (κ3) is 10.1. The summed E-state index contributed by atoms with van der Waals surface area (Å²) in [7, 11) is 0. The molecule has 0 aliphatic carbocycles. The van der Waals surface area contributed by atoms with Gasteiger partial charge in [0.25, 0.3) is 0 Å². The lowest BCUT2D eigenvalue weighted by Crippen LogP contribution is -2.50. The molecule has 1 aliphatic rings. The van der Waals surface area contributed by atoms with Crippen LogP contribution in [-0.4, -0.2) is 84.6 Å². The van der Waals surface area contributed by atoms with Gasteiger partial charge in [-0.2, -0.15) is 0 Å². The van der Waals surface area contributed by atoms with E-state index in [1.165, 1.54) is 0 Å². The van der Waals surface area contributed by atoms with Gasteiger partial charge in [-0.3, -0.25) is 9.69 Å². The maximum Gasteiger partial charge on any atom is 0.242 e. The predicted octanol–water partition coefficient (Wildman–Crippen LogP) is 0.686. The molecule has 0 atom stereocenters. The van der Waals surface area contributed by atoms with Crippen molar-refractivity contribution >= 4 is 41.8 Å². The summed E-state index contributed by atoms with van der Waals surface area (Å²) in [6.07, 6.45) is 3.56. The van der Waals surface area contributed by atoms with Crippen molar-refractivity contribution in [3.63, 3.8) is 0 Å². The molecule has 1 amide bonds. The van der Waals surface area contributed by atoms with Gasteiger partial charge < -0.3 is 20.9 Å². The van der Waals surface area contributed by atoms with Crippen LogP contribution >= 0.6 is 24.0 Å². The molecular formula is C19H35IN8O. The number of nitrogens with zero attached hydrogens (tertiary/aromatic N) is 5. The van der Waals surface area contributed by atoms with Crippen LogP contribution in [0.2, 0.25) is 0 Å². The van der Waals surface area contributed by atoms with E-state index in [1.54, 1.807) is 12.4 Å². The van der Waals surface area contributed by atoms with E-state index in [0.29, 0.717) is 5.96 Å². The van der Waals surface area contributed by atoms with Crippen LogP contribution in [0.25, 0.3) is 0 Å². The number of hydrogen-bond acceptors (Lipinski definition) is 6. The highest BCUT2D eigenvalue weighted by atomic mass is 127. The van der Waals surface area contributed by atoms with Crippen LogP contribution in [0.4, 0.5) is 5.95 Å². The molecule has 2 rings (SSSR count). The fraction of sp³-hybridized carbons (Fsp3) is 0.684. The van der Waals surface area contributed by atoms with Gasteiger partial charge in [0, 0.05) is 63.7 Å². The van der Waals surface area contributed by atoms with E-state index in [-0.39, 0.29) is 42.0 Å². The second-order valence-corrected chi connectivity index (χ2v) is 7.80. The van der Waals surface area contributed by atoms with Gasteiger partial charge in [-0.15, -0.1) is 24.0 Å². The number of anilines is 1. The molecule has 1 aromatic rings. The van der Waals surface area contributed by atoms with Gasteiger partial charge in [0.1, 0.15) is 6.54 Å². The van der Waals surface area contributed by atoms with E-state index in [9.17, 15) is 4.79 Å². The van der Waals surface area contributed by atoms with E-state index in [2.05, 4.69) is 40.7 Å². The average Bonchev–Trinajstić information content (AvgIpc) is 2.66. The summed E-state index contributed by atoms with van der Waals surface area (Å²) in [6, 6.07) is 1.83. The molecule has 1 saturated heterocycles. The predicted molar refractivity (Wildman–Crippen MR) is 128 cm³/mol. The molecule has 1 aromatic heterocycles. The molecule has 0 unspecified atom stereocenters. The number of halogens is 1. The average molecular weight is 518 g/mol. The Kier molecular flexibility index (Phi) is 11.2. The largest absolute Gasteiger partial charge is 0.357 e. The molecule has 0 aromatic carbocycles. The summed E-state index contributed by atoms with van der Waals surface area (Å²) in [5.74, 6) is 1.39. The second-order valence-electron chi connectivity index (χ2n) is 7.80. The van der Waals surface area contributed by atoms with Crippen molar-refractivity contribution in [2.24, 2.45) is 4.99 Å². The Balaban J connectivity index is 0.00000420. The van der Waals surface area contributed by atoms with Crippen LogP contribution in [-0.2, 0) is 4.79 Å². The first kappa shape index (κ1) is 25.3. The smallest absolute Gasteiger partial charge is 0.242 e. The molecule has 3 N–H and O–H groups in total. The van der Waals surface area contributed by atoms with Crippen molar-refractivity contribution in [1.29, 1.82) is 0 Å². The van der Waals surface area contributed by atoms with Crippen molar-refractivity contribution in [2.75, 3.05) is 57.3 Å². The molecule has 10 heteroatoms. The van der Waals surface area contributed by atoms with Crippen LogP contribution < -0.4 is 20.9 Å². The lowest BCUT2D eigenvalue weighted by Gasteiger charge is -2.34. The molecule has 9 nitrogen and oxygen atoms in total. The number of carbonyl (C=O) groups is 1. The SMILES string of the molecule is CCNC(=NCC(=O)NC(C)(C)C)NCCN1CCN(c2ncccn2)CC1.I. The van der Waals surface area contributed by atoms with Crippen LogP contribution in [0, 0.1) is 0 Å². The van der Waals surface area contributed by atoms with Crippen molar-refractivity contribution in [1.82, 2.24) is 30.8 Å². The molecule has 1 fully saturated rings. The number of piperazine rings is 1.